The lowest BCUT2D eigenvalue weighted by atomic mass is 10.2. The minimum Gasteiger partial charge on any atom is -0.466 e. The standard InChI is InChI=1S/C16H19NO2S/c1-12-11-15(13(2)19-12)16(18)17-9-6-10-20-14-7-4-3-5-8-14/h3-5,7-8,11H,6,9-10H2,1-2H3,(H,17,18). The van der Waals surface area contributed by atoms with Crippen LogP contribution in [0.4, 0.5) is 0 Å². The number of benzene rings is 1. The summed E-state index contributed by atoms with van der Waals surface area (Å²) < 4.78 is 5.36. The average Bonchev–Trinajstić information content (AvgIpc) is 2.78. The molecule has 1 aromatic heterocycles. The van der Waals surface area contributed by atoms with Gasteiger partial charge in [-0.3, -0.25) is 4.79 Å². The van der Waals surface area contributed by atoms with Gasteiger partial charge in [-0.1, -0.05) is 18.2 Å². The van der Waals surface area contributed by atoms with Gasteiger partial charge in [0.05, 0.1) is 5.56 Å². The van der Waals surface area contributed by atoms with Crippen LogP contribution in [-0.4, -0.2) is 18.2 Å². The van der Waals surface area contributed by atoms with E-state index in [0.29, 0.717) is 17.9 Å². The summed E-state index contributed by atoms with van der Waals surface area (Å²) >= 11 is 1.81. The van der Waals surface area contributed by atoms with E-state index in [0.717, 1.165) is 17.9 Å². The van der Waals surface area contributed by atoms with Crippen molar-refractivity contribution in [3.63, 3.8) is 0 Å². The Hall–Kier alpha value is -1.68. The monoisotopic (exact) mass is 289 g/mol. The fourth-order valence-electron chi connectivity index (χ4n) is 1.93. The van der Waals surface area contributed by atoms with Gasteiger partial charge in [0.2, 0.25) is 0 Å². The highest BCUT2D eigenvalue weighted by molar-refractivity contribution is 7.99. The third-order valence-electron chi connectivity index (χ3n) is 2.90. The van der Waals surface area contributed by atoms with Gasteiger partial charge in [0.1, 0.15) is 11.5 Å². The van der Waals surface area contributed by atoms with Crippen molar-refractivity contribution in [1.29, 1.82) is 0 Å². The van der Waals surface area contributed by atoms with Gasteiger partial charge in [0.25, 0.3) is 5.91 Å². The van der Waals surface area contributed by atoms with Gasteiger partial charge in [0, 0.05) is 11.4 Å². The van der Waals surface area contributed by atoms with Crippen LogP contribution >= 0.6 is 11.8 Å². The van der Waals surface area contributed by atoms with E-state index in [2.05, 4.69) is 17.4 Å². The van der Waals surface area contributed by atoms with E-state index in [1.165, 1.54) is 4.90 Å². The molecule has 1 heterocycles. The van der Waals surface area contributed by atoms with Crippen molar-refractivity contribution in [3.05, 3.63) is 53.5 Å². The zero-order valence-electron chi connectivity index (χ0n) is 11.8. The zero-order valence-corrected chi connectivity index (χ0v) is 12.6. The molecular weight excluding hydrogens is 270 g/mol. The van der Waals surface area contributed by atoms with Crippen LogP contribution in [-0.2, 0) is 0 Å². The fraction of sp³-hybridized carbons (Fsp3) is 0.312. The number of nitrogens with one attached hydrogen (secondary N) is 1. The Balaban J connectivity index is 1.68. The Bertz CT molecular complexity index is 563. The molecule has 0 radical (unpaired) electrons. The highest BCUT2D eigenvalue weighted by Gasteiger charge is 2.12. The fourth-order valence-corrected chi connectivity index (χ4v) is 2.81. The molecule has 0 atom stereocenters. The second kappa shape index (κ2) is 7.20. The smallest absolute Gasteiger partial charge is 0.254 e. The van der Waals surface area contributed by atoms with Gasteiger partial charge < -0.3 is 9.73 Å². The molecule has 0 aliphatic heterocycles. The Morgan fingerprint density at radius 2 is 2.00 bits per heavy atom. The van der Waals surface area contributed by atoms with Gasteiger partial charge in [0.15, 0.2) is 0 Å². The summed E-state index contributed by atoms with van der Waals surface area (Å²) in [5, 5.41) is 2.93. The molecule has 1 aromatic carbocycles. The Morgan fingerprint density at radius 3 is 2.65 bits per heavy atom. The molecule has 0 aliphatic carbocycles. The molecule has 106 valence electrons. The highest BCUT2D eigenvalue weighted by Crippen LogP contribution is 2.17. The Morgan fingerprint density at radius 1 is 1.25 bits per heavy atom. The average molecular weight is 289 g/mol. The summed E-state index contributed by atoms with van der Waals surface area (Å²) in [6, 6.07) is 12.1. The highest BCUT2D eigenvalue weighted by atomic mass is 32.2. The molecule has 1 N–H and O–H groups in total. The van der Waals surface area contributed by atoms with E-state index >= 15 is 0 Å². The number of hydrogen-bond acceptors (Lipinski definition) is 3. The maximum Gasteiger partial charge on any atom is 0.254 e. The van der Waals surface area contributed by atoms with Crippen LogP contribution < -0.4 is 5.32 Å². The van der Waals surface area contributed by atoms with E-state index in [1.807, 2.05) is 32.0 Å². The summed E-state index contributed by atoms with van der Waals surface area (Å²) in [5.74, 6) is 2.39. The number of thioether (sulfide) groups is 1. The molecule has 0 bridgehead atoms. The number of carbonyl (C=O) groups is 1. The number of amides is 1. The summed E-state index contributed by atoms with van der Waals surface area (Å²) in [5.41, 5.74) is 0.637. The summed E-state index contributed by atoms with van der Waals surface area (Å²) in [6.07, 6.45) is 0.946. The third-order valence-corrected chi connectivity index (χ3v) is 4.00. The first-order valence-corrected chi connectivity index (χ1v) is 7.68. The van der Waals surface area contributed by atoms with Crippen LogP contribution in [0.2, 0.25) is 0 Å². The first kappa shape index (κ1) is 14.7. The number of rotatable bonds is 6. The van der Waals surface area contributed by atoms with Gasteiger partial charge in [-0.2, -0.15) is 0 Å². The topological polar surface area (TPSA) is 42.2 Å². The van der Waals surface area contributed by atoms with E-state index < -0.39 is 0 Å². The quantitative estimate of drug-likeness (QED) is 0.649. The molecule has 20 heavy (non-hydrogen) atoms. The third kappa shape index (κ3) is 4.17. The largest absolute Gasteiger partial charge is 0.466 e. The van der Waals surface area contributed by atoms with Gasteiger partial charge >= 0.3 is 0 Å². The maximum atomic E-state index is 11.9. The SMILES string of the molecule is Cc1cc(C(=O)NCCCSc2ccccc2)c(C)o1. The van der Waals surface area contributed by atoms with Crippen molar-refractivity contribution >= 4 is 17.7 Å². The zero-order chi connectivity index (χ0) is 14.4. The predicted molar refractivity (Wildman–Crippen MR) is 82.3 cm³/mol. The van der Waals surface area contributed by atoms with Crippen molar-refractivity contribution in [1.82, 2.24) is 5.32 Å². The van der Waals surface area contributed by atoms with Crippen molar-refractivity contribution < 1.29 is 9.21 Å². The Kier molecular flexibility index (Phi) is 5.30. The van der Waals surface area contributed by atoms with Crippen molar-refractivity contribution in [2.75, 3.05) is 12.3 Å². The summed E-state index contributed by atoms with van der Waals surface area (Å²) in [7, 11) is 0. The molecule has 2 rings (SSSR count). The number of furan rings is 1. The Labute approximate surface area is 123 Å². The summed E-state index contributed by atoms with van der Waals surface area (Å²) in [4.78, 5) is 13.2. The minimum absolute atomic E-state index is 0.0518. The van der Waals surface area contributed by atoms with Crippen LogP contribution in [0.25, 0.3) is 0 Å². The second-order valence-corrected chi connectivity index (χ2v) is 5.77. The van der Waals surface area contributed by atoms with Gasteiger partial charge in [-0.25, -0.2) is 0 Å². The lowest BCUT2D eigenvalue weighted by Crippen LogP contribution is -2.24. The van der Waals surface area contributed by atoms with Crippen LogP contribution in [0.1, 0.15) is 28.3 Å². The van der Waals surface area contributed by atoms with Crippen LogP contribution in [0.3, 0.4) is 0 Å². The molecule has 3 nitrogen and oxygen atoms in total. The van der Waals surface area contributed by atoms with Crippen LogP contribution in [0.5, 0.6) is 0 Å². The molecule has 0 saturated carbocycles. The van der Waals surface area contributed by atoms with Gasteiger partial charge in [-0.15, -0.1) is 11.8 Å². The van der Waals surface area contributed by atoms with Crippen molar-refractivity contribution in [2.45, 2.75) is 25.2 Å². The molecule has 0 aliphatic rings. The molecule has 0 unspecified atom stereocenters. The molecular formula is C16H19NO2S. The molecule has 4 heteroatoms. The predicted octanol–water partition coefficient (Wildman–Crippen LogP) is 3.81. The van der Waals surface area contributed by atoms with Crippen molar-refractivity contribution in [2.24, 2.45) is 0 Å². The summed E-state index contributed by atoms with van der Waals surface area (Å²) in [6.45, 7) is 4.34. The number of carbonyl (C=O) groups excluding carboxylic acids is 1. The number of hydrogen-bond donors (Lipinski definition) is 1. The lowest BCUT2D eigenvalue weighted by Gasteiger charge is -2.04. The van der Waals surface area contributed by atoms with Gasteiger partial charge in [-0.05, 0) is 44.2 Å². The van der Waals surface area contributed by atoms with E-state index in [9.17, 15) is 4.79 Å². The second-order valence-electron chi connectivity index (χ2n) is 4.60. The van der Waals surface area contributed by atoms with E-state index in [1.54, 1.807) is 17.8 Å². The van der Waals surface area contributed by atoms with Crippen LogP contribution in [0.15, 0.2) is 45.7 Å². The maximum absolute atomic E-state index is 11.9. The van der Waals surface area contributed by atoms with Crippen molar-refractivity contribution in [3.8, 4) is 0 Å². The molecule has 0 spiro atoms. The number of aryl methyl sites for hydroxylation is 2. The first-order valence-electron chi connectivity index (χ1n) is 6.70. The molecule has 0 fully saturated rings. The first-order chi connectivity index (χ1) is 9.66. The van der Waals surface area contributed by atoms with E-state index in [-0.39, 0.29) is 5.91 Å². The van der Waals surface area contributed by atoms with Crippen LogP contribution in [0, 0.1) is 13.8 Å². The van der Waals surface area contributed by atoms with E-state index in [4.69, 9.17) is 4.42 Å². The normalized spacial score (nSPS) is 10.5. The lowest BCUT2D eigenvalue weighted by molar-refractivity contribution is 0.0952. The molecule has 1 amide bonds. The molecule has 2 aromatic rings. The molecule has 0 saturated heterocycles. The minimum atomic E-state index is -0.0518.